The molecule has 2 atom stereocenters. The van der Waals surface area contributed by atoms with Crippen LogP contribution in [-0.4, -0.2) is 54.1 Å². The molecule has 1 saturated heterocycles. The summed E-state index contributed by atoms with van der Waals surface area (Å²) in [6, 6.07) is 0.294. The molecule has 110 valence electrons. The topological polar surface area (TPSA) is 35.6 Å². The van der Waals surface area contributed by atoms with Crippen LogP contribution in [0.25, 0.3) is 0 Å². The molecule has 0 bridgehead atoms. The monoisotopic (exact) mass is 267 g/mol. The maximum Gasteiger partial charge on any atom is 0.244 e. The number of hydrogen-bond acceptors (Lipinski definition) is 3. The maximum absolute atomic E-state index is 12.8. The van der Waals surface area contributed by atoms with Gasteiger partial charge in [0.2, 0.25) is 5.91 Å². The number of likely N-dealkylation sites (N-methyl/N-ethyl adjacent to an activating group) is 1. The molecule has 2 unspecified atom stereocenters. The smallest absolute Gasteiger partial charge is 0.244 e. The van der Waals surface area contributed by atoms with E-state index in [1.54, 1.807) is 0 Å². The van der Waals surface area contributed by atoms with Crippen molar-refractivity contribution in [3.63, 3.8) is 0 Å². The van der Waals surface area contributed by atoms with Crippen LogP contribution in [0, 0.1) is 11.8 Å². The molecule has 1 N–H and O–H groups in total. The zero-order valence-electron chi connectivity index (χ0n) is 13.2. The van der Waals surface area contributed by atoms with Gasteiger partial charge < -0.3 is 9.80 Å². The molecular formula is C15H29N3O. The van der Waals surface area contributed by atoms with Crippen molar-refractivity contribution in [2.24, 2.45) is 11.8 Å². The summed E-state index contributed by atoms with van der Waals surface area (Å²) in [6.45, 7) is 9.77. The third-order valence-corrected chi connectivity index (χ3v) is 4.43. The Kier molecular flexibility index (Phi) is 3.94. The summed E-state index contributed by atoms with van der Waals surface area (Å²) in [7, 11) is 4.17. The van der Waals surface area contributed by atoms with Gasteiger partial charge >= 0.3 is 0 Å². The third kappa shape index (κ3) is 2.65. The highest BCUT2D eigenvalue weighted by atomic mass is 16.2. The van der Waals surface area contributed by atoms with E-state index in [-0.39, 0.29) is 11.7 Å². The molecule has 1 saturated carbocycles. The molecule has 1 aliphatic heterocycles. The lowest BCUT2D eigenvalue weighted by Gasteiger charge is -2.38. The molecule has 1 aliphatic carbocycles. The lowest BCUT2D eigenvalue weighted by atomic mass is 9.99. The lowest BCUT2D eigenvalue weighted by molar-refractivity contribution is -0.135. The first-order valence-electron chi connectivity index (χ1n) is 7.53. The molecule has 1 heterocycles. The van der Waals surface area contributed by atoms with E-state index in [1.165, 1.54) is 0 Å². The first kappa shape index (κ1) is 14.8. The largest absolute Gasteiger partial charge is 0.321 e. The van der Waals surface area contributed by atoms with Crippen molar-refractivity contribution in [1.82, 2.24) is 15.1 Å². The molecule has 0 aromatic carbocycles. The van der Waals surface area contributed by atoms with Crippen molar-refractivity contribution in [3.8, 4) is 0 Å². The van der Waals surface area contributed by atoms with Crippen LogP contribution in [-0.2, 0) is 4.79 Å². The van der Waals surface area contributed by atoms with Gasteiger partial charge in [-0.3, -0.25) is 10.1 Å². The highest BCUT2D eigenvalue weighted by Gasteiger charge is 2.60. The zero-order chi connectivity index (χ0) is 14.4. The molecule has 4 nitrogen and oxygen atoms in total. The fourth-order valence-electron chi connectivity index (χ4n) is 3.11. The molecule has 4 heteroatoms. The second-order valence-corrected chi connectivity index (χ2v) is 7.20. The molecule has 0 radical (unpaired) electrons. The van der Waals surface area contributed by atoms with Gasteiger partial charge in [0.05, 0.1) is 11.7 Å². The van der Waals surface area contributed by atoms with Crippen LogP contribution in [0.1, 0.15) is 40.5 Å². The van der Waals surface area contributed by atoms with E-state index in [2.05, 4.69) is 56.9 Å². The average Bonchev–Trinajstić information content (AvgIpc) is 3.00. The van der Waals surface area contributed by atoms with Crippen molar-refractivity contribution in [3.05, 3.63) is 0 Å². The lowest BCUT2D eigenvalue weighted by Crippen LogP contribution is -2.53. The Hall–Kier alpha value is -0.610. The van der Waals surface area contributed by atoms with Gasteiger partial charge in [0.25, 0.3) is 0 Å². The summed E-state index contributed by atoms with van der Waals surface area (Å²) in [5.74, 6) is 1.27. The molecule has 0 aromatic rings. The average molecular weight is 267 g/mol. The summed E-state index contributed by atoms with van der Waals surface area (Å²) < 4.78 is 0. The standard InChI is InChI=1S/C15H29N3O/c1-10(2)12(9-17(5)6)18-13(11(3)4)16-15(7-8-15)14(18)19/h10-13,16H,7-9H2,1-6H3. The van der Waals surface area contributed by atoms with Crippen molar-refractivity contribution in [2.45, 2.75) is 58.3 Å². The maximum atomic E-state index is 12.8. The Morgan fingerprint density at radius 2 is 1.89 bits per heavy atom. The van der Waals surface area contributed by atoms with Crippen LogP contribution in [0.2, 0.25) is 0 Å². The van der Waals surface area contributed by atoms with Gasteiger partial charge in [-0.15, -0.1) is 0 Å². The van der Waals surface area contributed by atoms with E-state index in [9.17, 15) is 4.79 Å². The molecule has 1 amide bonds. The molecule has 1 spiro atoms. The van der Waals surface area contributed by atoms with Crippen LogP contribution in [0.3, 0.4) is 0 Å². The Balaban J connectivity index is 2.24. The van der Waals surface area contributed by atoms with Gasteiger partial charge in [-0.1, -0.05) is 27.7 Å². The SMILES string of the molecule is CC(C)C(CN(C)C)N1C(=O)C2(CC2)NC1C(C)C. The van der Waals surface area contributed by atoms with Crippen molar-refractivity contribution < 1.29 is 4.79 Å². The zero-order valence-corrected chi connectivity index (χ0v) is 13.2. The van der Waals surface area contributed by atoms with Crippen LogP contribution < -0.4 is 5.32 Å². The minimum atomic E-state index is -0.200. The Bertz CT molecular complexity index is 347. The summed E-state index contributed by atoms with van der Waals surface area (Å²) in [6.07, 6.45) is 2.22. The van der Waals surface area contributed by atoms with Gasteiger partial charge in [-0.05, 0) is 38.8 Å². The Morgan fingerprint density at radius 3 is 2.26 bits per heavy atom. The van der Waals surface area contributed by atoms with Crippen molar-refractivity contribution in [1.29, 1.82) is 0 Å². The minimum absolute atomic E-state index is 0.197. The predicted octanol–water partition coefficient (Wildman–Crippen LogP) is 1.52. The molecule has 2 rings (SSSR count). The number of carbonyl (C=O) groups excluding carboxylic acids is 1. The van der Waals surface area contributed by atoms with Gasteiger partial charge in [0, 0.05) is 12.6 Å². The first-order chi connectivity index (χ1) is 8.78. The highest BCUT2D eigenvalue weighted by Crippen LogP contribution is 2.44. The first-order valence-corrected chi connectivity index (χ1v) is 7.53. The fraction of sp³-hybridized carbons (Fsp3) is 0.933. The number of amides is 1. The van der Waals surface area contributed by atoms with Crippen molar-refractivity contribution in [2.75, 3.05) is 20.6 Å². The number of rotatable bonds is 5. The minimum Gasteiger partial charge on any atom is -0.321 e. The van der Waals surface area contributed by atoms with Crippen molar-refractivity contribution >= 4 is 5.91 Å². The van der Waals surface area contributed by atoms with Crippen LogP contribution in [0.15, 0.2) is 0 Å². The molecule has 2 fully saturated rings. The van der Waals surface area contributed by atoms with Crippen LogP contribution in [0.4, 0.5) is 0 Å². The number of nitrogens with one attached hydrogen (secondary N) is 1. The van der Waals surface area contributed by atoms with E-state index in [0.717, 1.165) is 19.4 Å². The van der Waals surface area contributed by atoms with Gasteiger partial charge in [0.15, 0.2) is 0 Å². The van der Waals surface area contributed by atoms with E-state index in [0.29, 0.717) is 23.8 Å². The van der Waals surface area contributed by atoms with Crippen LogP contribution in [0.5, 0.6) is 0 Å². The number of hydrogen-bond donors (Lipinski definition) is 1. The summed E-state index contributed by atoms with van der Waals surface area (Å²) in [5, 5.41) is 3.61. The number of nitrogens with zero attached hydrogens (tertiary/aromatic N) is 2. The molecule has 2 aliphatic rings. The van der Waals surface area contributed by atoms with E-state index in [4.69, 9.17) is 0 Å². The van der Waals surface area contributed by atoms with Gasteiger partial charge in [-0.25, -0.2) is 0 Å². The van der Waals surface area contributed by atoms with Gasteiger partial charge in [-0.2, -0.15) is 0 Å². The third-order valence-electron chi connectivity index (χ3n) is 4.43. The second kappa shape index (κ2) is 5.06. The second-order valence-electron chi connectivity index (χ2n) is 7.20. The van der Waals surface area contributed by atoms with E-state index >= 15 is 0 Å². The quantitative estimate of drug-likeness (QED) is 0.820. The summed E-state index contributed by atoms with van der Waals surface area (Å²) in [4.78, 5) is 17.1. The highest BCUT2D eigenvalue weighted by molar-refractivity contribution is 5.92. The normalized spacial score (nSPS) is 27.1. The Labute approximate surface area is 117 Å². The summed E-state index contributed by atoms with van der Waals surface area (Å²) in [5.41, 5.74) is -0.200. The predicted molar refractivity (Wildman–Crippen MR) is 77.8 cm³/mol. The van der Waals surface area contributed by atoms with E-state index < -0.39 is 0 Å². The van der Waals surface area contributed by atoms with Gasteiger partial charge in [0.1, 0.15) is 0 Å². The molecule has 19 heavy (non-hydrogen) atoms. The molecule has 0 aromatic heterocycles. The fourth-order valence-corrected chi connectivity index (χ4v) is 3.11. The summed E-state index contributed by atoms with van der Waals surface area (Å²) >= 11 is 0. The Morgan fingerprint density at radius 1 is 1.32 bits per heavy atom. The van der Waals surface area contributed by atoms with E-state index in [1.807, 2.05) is 0 Å². The number of carbonyl (C=O) groups is 1. The molecular weight excluding hydrogens is 238 g/mol. The van der Waals surface area contributed by atoms with Crippen LogP contribution >= 0.6 is 0 Å².